The number of ether oxygens (including phenoxy) is 1. The van der Waals surface area contributed by atoms with Gasteiger partial charge in [-0.1, -0.05) is 17.7 Å². The molecule has 0 bridgehead atoms. The van der Waals surface area contributed by atoms with Crippen LogP contribution in [0.4, 0.5) is 11.4 Å². The zero-order valence-corrected chi connectivity index (χ0v) is 11.8. The van der Waals surface area contributed by atoms with E-state index in [1.54, 1.807) is 25.2 Å². The third-order valence-electron chi connectivity index (χ3n) is 2.77. The summed E-state index contributed by atoms with van der Waals surface area (Å²) in [7, 11) is 1.69. The second-order valence-corrected chi connectivity index (χ2v) is 4.67. The maximum Gasteiger partial charge on any atom is 0.275 e. The Morgan fingerprint density at radius 3 is 2.65 bits per heavy atom. The highest BCUT2D eigenvalue weighted by Crippen LogP contribution is 2.32. The first kappa shape index (κ1) is 14.1. The summed E-state index contributed by atoms with van der Waals surface area (Å²) in [5, 5.41) is 14.3. The Morgan fingerprint density at radius 2 is 2.00 bits per heavy atom. The van der Waals surface area contributed by atoms with E-state index in [9.17, 15) is 10.1 Å². The molecule has 2 rings (SSSR count). The van der Waals surface area contributed by atoms with Crippen LogP contribution in [-0.4, -0.2) is 12.0 Å². The average Bonchev–Trinajstić information content (AvgIpc) is 2.42. The number of non-ortho nitro benzene ring substituents is 1. The molecule has 1 N–H and O–H groups in total. The van der Waals surface area contributed by atoms with Crippen LogP contribution in [0.3, 0.4) is 0 Å². The van der Waals surface area contributed by atoms with Crippen molar-refractivity contribution in [3.8, 4) is 11.5 Å². The van der Waals surface area contributed by atoms with Crippen LogP contribution in [0.5, 0.6) is 11.5 Å². The Hall–Kier alpha value is -2.27. The third kappa shape index (κ3) is 3.19. The minimum atomic E-state index is -0.460. The van der Waals surface area contributed by atoms with Crippen LogP contribution in [0.25, 0.3) is 0 Å². The third-order valence-corrected chi connectivity index (χ3v) is 3.00. The summed E-state index contributed by atoms with van der Waals surface area (Å²) in [5.41, 5.74) is 1.47. The van der Waals surface area contributed by atoms with Crippen molar-refractivity contribution in [1.82, 2.24) is 0 Å². The largest absolute Gasteiger partial charge is 0.457 e. The Balaban J connectivity index is 2.39. The van der Waals surface area contributed by atoms with Gasteiger partial charge in [0.15, 0.2) is 0 Å². The maximum atomic E-state index is 10.9. The predicted octanol–water partition coefficient (Wildman–Crippen LogP) is 4.39. The maximum absolute atomic E-state index is 10.9. The molecule has 2 aromatic rings. The van der Waals surface area contributed by atoms with Gasteiger partial charge in [0, 0.05) is 29.9 Å². The lowest BCUT2D eigenvalue weighted by atomic mass is 10.2. The summed E-state index contributed by atoms with van der Waals surface area (Å²) in [6.45, 7) is 1.88. The van der Waals surface area contributed by atoms with E-state index >= 15 is 0 Å². The normalized spacial score (nSPS) is 10.2. The smallest absolute Gasteiger partial charge is 0.275 e. The van der Waals surface area contributed by atoms with Gasteiger partial charge >= 0.3 is 0 Å². The van der Waals surface area contributed by atoms with E-state index in [1.165, 1.54) is 12.1 Å². The van der Waals surface area contributed by atoms with Crippen LogP contribution in [-0.2, 0) is 0 Å². The molecule has 6 heteroatoms. The van der Waals surface area contributed by atoms with E-state index in [1.807, 2.05) is 13.0 Å². The topological polar surface area (TPSA) is 64.4 Å². The summed E-state index contributed by atoms with van der Waals surface area (Å²) in [6, 6.07) is 9.77. The molecule has 0 amide bonds. The van der Waals surface area contributed by atoms with Gasteiger partial charge in [0.05, 0.1) is 11.0 Å². The van der Waals surface area contributed by atoms with Crippen LogP contribution >= 0.6 is 11.6 Å². The lowest BCUT2D eigenvalue weighted by molar-refractivity contribution is -0.384. The van der Waals surface area contributed by atoms with Crippen LogP contribution in [0.1, 0.15) is 5.56 Å². The highest BCUT2D eigenvalue weighted by molar-refractivity contribution is 6.30. The van der Waals surface area contributed by atoms with Gasteiger partial charge in [-0.15, -0.1) is 0 Å². The molecule has 5 nitrogen and oxygen atoms in total. The van der Waals surface area contributed by atoms with E-state index in [4.69, 9.17) is 16.3 Å². The summed E-state index contributed by atoms with van der Waals surface area (Å²) in [5.74, 6) is 0.953. The monoisotopic (exact) mass is 292 g/mol. The number of aryl methyl sites for hydroxylation is 1. The number of nitrogens with zero attached hydrogens (tertiary/aromatic N) is 1. The lowest BCUT2D eigenvalue weighted by Gasteiger charge is -2.10. The van der Waals surface area contributed by atoms with Crippen LogP contribution < -0.4 is 10.1 Å². The minimum Gasteiger partial charge on any atom is -0.457 e. The molecule has 0 radical (unpaired) electrons. The molecule has 0 aliphatic heterocycles. The number of halogens is 1. The van der Waals surface area contributed by atoms with Crippen molar-refractivity contribution in [2.45, 2.75) is 6.92 Å². The fraction of sp³-hybridized carbons (Fsp3) is 0.143. The summed E-state index contributed by atoms with van der Waals surface area (Å²) in [4.78, 5) is 10.4. The minimum absolute atomic E-state index is 0.0356. The fourth-order valence-corrected chi connectivity index (χ4v) is 1.86. The Labute approximate surface area is 121 Å². The van der Waals surface area contributed by atoms with Crippen molar-refractivity contribution >= 4 is 23.0 Å². The first-order valence-corrected chi connectivity index (χ1v) is 6.28. The van der Waals surface area contributed by atoms with Crippen molar-refractivity contribution < 1.29 is 9.66 Å². The number of nitrogens with one attached hydrogen (secondary N) is 1. The number of benzene rings is 2. The van der Waals surface area contributed by atoms with Gasteiger partial charge in [-0.3, -0.25) is 10.1 Å². The van der Waals surface area contributed by atoms with Gasteiger partial charge < -0.3 is 10.1 Å². The molecule has 0 fully saturated rings. The molecule has 104 valence electrons. The van der Waals surface area contributed by atoms with Crippen molar-refractivity contribution in [1.29, 1.82) is 0 Å². The number of hydrogen-bond acceptors (Lipinski definition) is 4. The number of rotatable bonds is 4. The van der Waals surface area contributed by atoms with Crippen LogP contribution in [0.15, 0.2) is 36.4 Å². The zero-order valence-electron chi connectivity index (χ0n) is 11.0. The van der Waals surface area contributed by atoms with E-state index < -0.39 is 4.92 Å². The molecule has 0 saturated carbocycles. The van der Waals surface area contributed by atoms with Crippen LogP contribution in [0, 0.1) is 17.0 Å². The van der Waals surface area contributed by atoms with Gasteiger partial charge in [-0.2, -0.15) is 0 Å². The zero-order chi connectivity index (χ0) is 14.7. The van der Waals surface area contributed by atoms with Crippen LogP contribution in [0.2, 0.25) is 5.02 Å². The molecule has 0 aliphatic carbocycles. The Bertz CT molecular complexity index is 659. The first-order chi connectivity index (χ1) is 9.49. The second-order valence-electron chi connectivity index (χ2n) is 4.23. The number of anilines is 1. The van der Waals surface area contributed by atoms with Gasteiger partial charge in [-0.25, -0.2) is 0 Å². The van der Waals surface area contributed by atoms with Crippen molar-refractivity contribution in [3.05, 3.63) is 57.1 Å². The molecule has 0 aliphatic rings. The SMILES string of the molecule is CNc1cc(Oc2cc(Cl)ccc2C)cc([N+](=O)[O-])c1. The van der Waals surface area contributed by atoms with E-state index in [2.05, 4.69) is 5.32 Å². The van der Waals surface area contributed by atoms with Crippen molar-refractivity contribution in [3.63, 3.8) is 0 Å². The van der Waals surface area contributed by atoms with E-state index in [-0.39, 0.29) is 5.69 Å². The Kier molecular flexibility index (Phi) is 4.10. The molecule has 2 aromatic carbocycles. The van der Waals surface area contributed by atoms with Crippen molar-refractivity contribution in [2.24, 2.45) is 0 Å². The van der Waals surface area contributed by atoms with Gasteiger partial charge in [-0.05, 0) is 24.6 Å². The van der Waals surface area contributed by atoms with Gasteiger partial charge in [0.1, 0.15) is 11.5 Å². The molecule has 0 saturated heterocycles. The predicted molar refractivity (Wildman–Crippen MR) is 78.9 cm³/mol. The average molecular weight is 293 g/mol. The molecule has 0 unspecified atom stereocenters. The highest BCUT2D eigenvalue weighted by Gasteiger charge is 2.11. The van der Waals surface area contributed by atoms with Gasteiger partial charge in [0.25, 0.3) is 5.69 Å². The van der Waals surface area contributed by atoms with E-state index in [0.717, 1.165) is 5.56 Å². The first-order valence-electron chi connectivity index (χ1n) is 5.91. The molecule has 0 atom stereocenters. The molecule has 0 aromatic heterocycles. The van der Waals surface area contributed by atoms with E-state index in [0.29, 0.717) is 22.2 Å². The molecular weight excluding hydrogens is 280 g/mol. The lowest BCUT2D eigenvalue weighted by Crippen LogP contribution is -1.95. The standard InChI is InChI=1S/C14H13ClN2O3/c1-9-3-4-10(15)5-14(9)20-13-7-11(16-2)6-12(8-13)17(18)19/h3-8,16H,1-2H3. The molecular formula is C14H13ClN2O3. The fourth-order valence-electron chi connectivity index (χ4n) is 1.70. The van der Waals surface area contributed by atoms with Crippen molar-refractivity contribution in [2.75, 3.05) is 12.4 Å². The summed E-state index contributed by atoms with van der Waals surface area (Å²) >= 11 is 5.92. The summed E-state index contributed by atoms with van der Waals surface area (Å²) < 4.78 is 5.69. The number of nitro groups is 1. The highest BCUT2D eigenvalue weighted by atomic mass is 35.5. The Morgan fingerprint density at radius 1 is 1.25 bits per heavy atom. The molecule has 0 heterocycles. The number of hydrogen-bond donors (Lipinski definition) is 1. The quantitative estimate of drug-likeness (QED) is 0.670. The molecule has 20 heavy (non-hydrogen) atoms. The van der Waals surface area contributed by atoms with Gasteiger partial charge in [0.2, 0.25) is 0 Å². The number of nitro benzene ring substituents is 1. The summed E-state index contributed by atoms with van der Waals surface area (Å²) in [6.07, 6.45) is 0. The second kappa shape index (κ2) is 5.79. The molecule has 0 spiro atoms.